The number of amides is 2. The molecule has 4 heterocycles. The minimum atomic E-state index is -1.45. The van der Waals surface area contributed by atoms with E-state index in [1.807, 2.05) is 49.4 Å². The lowest BCUT2D eigenvalue weighted by Crippen LogP contribution is -2.62. The molecule has 2 fully saturated rings. The van der Waals surface area contributed by atoms with Crippen LogP contribution in [0, 0.1) is 12.8 Å². The number of para-hydroxylation sites is 1. The maximum Gasteiger partial charge on any atom is 0.251 e. The molecule has 8 heteroatoms. The van der Waals surface area contributed by atoms with Gasteiger partial charge in [0.15, 0.2) is 5.78 Å². The molecule has 186 valence electrons. The van der Waals surface area contributed by atoms with Gasteiger partial charge in [0, 0.05) is 32.4 Å². The van der Waals surface area contributed by atoms with Crippen molar-refractivity contribution in [3.05, 3.63) is 92.4 Å². The van der Waals surface area contributed by atoms with Crippen molar-refractivity contribution >= 4 is 56.5 Å². The van der Waals surface area contributed by atoms with E-state index in [-0.39, 0.29) is 23.6 Å². The first-order chi connectivity index (χ1) is 17.8. The van der Waals surface area contributed by atoms with E-state index in [9.17, 15) is 14.4 Å². The molecule has 2 amide bonds. The van der Waals surface area contributed by atoms with Gasteiger partial charge in [-0.25, -0.2) is 0 Å². The minimum absolute atomic E-state index is 0.125. The van der Waals surface area contributed by atoms with Crippen molar-refractivity contribution in [1.82, 2.24) is 4.90 Å². The summed E-state index contributed by atoms with van der Waals surface area (Å²) in [5, 5.41) is 6.70. The highest BCUT2D eigenvalue weighted by molar-refractivity contribution is 9.10. The molecule has 37 heavy (non-hydrogen) atoms. The van der Waals surface area contributed by atoms with Crippen molar-refractivity contribution in [2.24, 2.45) is 5.92 Å². The smallest absolute Gasteiger partial charge is 0.251 e. The van der Waals surface area contributed by atoms with Crippen LogP contribution in [-0.2, 0) is 20.5 Å². The van der Waals surface area contributed by atoms with Gasteiger partial charge in [-0.2, -0.15) is 0 Å². The third-order valence-corrected chi connectivity index (χ3v) is 9.82. The van der Waals surface area contributed by atoms with Crippen LogP contribution in [0.2, 0.25) is 5.02 Å². The zero-order chi connectivity index (χ0) is 25.7. The average molecular weight is 577 g/mol. The molecular formula is C29H23BrClN3O3. The van der Waals surface area contributed by atoms with E-state index in [0.29, 0.717) is 39.6 Å². The van der Waals surface area contributed by atoms with Crippen LogP contribution in [0.3, 0.4) is 0 Å². The fourth-order valence-electron chi connectivity index (χ4n) is 7.56. The molecule has 6 nitrogen and oxygen atoms in total. The van der Waals surface area contributed by atoms with Crippen LogP contribution in [0.25, 0.3) is 0 Å². The zero-order valence-corrected chi connectivity index (χ0v) is 22.3. The van der Waals surface area contributed by atoms with Gasteiger partial charge < -0.3 is 10.6 Å². The molecule has 4 aliphatic heterocycles. The number of halogens is 2. The van der Waals surface area contributed by atoms with Crippen LogP contribution in [0.5, 0.6) is 0 Å². The Morgan fingerprint density at radius 3 is 2.54 bits per heavy atom. The van der Waals surface area contributed by atoms with Crippen LogP contribution in [0.15, 0.2) is 65.1 Å². The Bertz CT molecular complexity index is 1540. The molecule has 2 N–H and O–H groups in total. The Morgan fingerprint density at radius 1 is 1.00 bits per heavy atom. The van der Waals surface area contributed by atoms with E-state index in [1.165, 1.54) is 0 Å². The minimum Gasteiger partial charge on any atom is -0.325 e. The molecule has 2 spiro atoms. The van der Waals surface area contributed by atoms with E-state index >= 15 is 0 Å². The number of nitrogens with one attached hydrogen (secondary N) is 2. The van der Waals surface area contributed by atoms with Crippen molar-refractivity contribution in [1.29, 1.82) is 0 Å². The lowest BCUT2D eigenvalue weighted by Gasteiger charge is -2.43. The van der Waals surface area contributed by atoms with E-state index in [2.05, 4.69) is 31.5 Å². The third-order valence-electron chi connectivity index (χ3n) is 8.88. The summed E-state index contributed by atoms with van der Waals surface area (Å²) >= 11 is 9.93. The van der Waals surface area contributed by atoms with Gasteiger partial charge in [0.2, 0.25) is 5.91 Å². The molecule has 7 rings (SSSR count). The van der Waals surface area contributed by atoms with Gasteiger partial charge in [0.1, 0.15) is 11.0 Å². The van der Waals surface area contributed by atoms with Gasteiger partial charge in [-0.15, -0.1) is 0 Å². The largest absolute Gasteiger partial charge is 0.325 e. The molecule has 0 radical (unpaired) electrons. The summed E-state index contributed by atoms with van der Waals surface area (Å²) in [5.74, 6) is -1.47. The molecule has 0 bridgehead atoms. The number of benzene rings is 3. The topological polar surface area (TPSA) is 78.5 Å². The first-order valence-electron chi connectivity index (χ1n) is 12.4. The number of ketones is 1. The summed E-state index contributed by atoms with van der Waals surface area (Å²) in [4.78, 5) is 45.6. The van der Waals surface area contributed by atoms with Crippen molar-refractivity contribution < 1.29 is 14.4 Å². The normalized spacial score (nSPS) is 29.4. The average Bonchev–Trinajstić information content (AvgIpc) is 3.61. The first-order valence-corrected chi connectivity index (χ1v) is 13.6. The highest BCUT2D eigenvalue weighted by Gasteiger charge is 2.81. The summed E-state index contributed by atoms with van der Waals surface area (Å²) in [6, 6.07) is 18.1. The maximum absolute atomic E-state index is 14.5. The number of hydrogen-bond acceptors (Lipinski definition) is 4. The summed E-state index contributed by atoms with van der Waals surface area (Å²) in [6.45, 7) is 2.48. The summed E-state index contributed by atoms with van der Waals surface area (Å²) in [6.07, 6.45) is 1.56. The SMILES string of the molecule is Cc1c(Cl)ccc2c1NC(=O)[C@@]21N2CCC[C@@H]2[C@H](C(=O)c2ccc(Br)cc2)[C@]12C(=O)Nc1ccccc12. The summed E-state index contributed by atoms with van der Waals surface area (Å²) < 4.78 is 0.865. The Hall–Kier alpha value is -3.00. The van der Waals surface area contributed by atoms with Crippen molar-refractivity contribution in [2.75, 3.05) is 17.2 Å². The molecule has 4 aliphatic rings. The van der Waals surface area contributed by atoms with Gasteiger partial charge in [0.05, 0.1) is 11.6 Å². The number of carbonyl (C=O) groups excluding carboxylic acids is 3. The van der Waals surface area contributed by atoms with Crippen molar-refractivity contribution in [2.45, 2.75) is 36.8 Å². The summed E-state index contributed by atoms with van der Waals surface area (Å²) in [7, 11) is 0. The van der Waals surface area contributed by atoms with Gasteiger partial charge in [-0.1, -0.05) is 63.9 Å². The van der Waals surface area contributed by atoms with E-state index < -0.39 is 16.9 Å². The predicted molar refractivity (Wildman–Crippen MR) is 145 cm³/mol. The van der Waals surface area contributed by atoms with Gasteiger partial charge in [-0.3, -0.25) is 19.3 Å². The molecule has 4 atom stereocenters. The van der Waals surface area contributed by atoms with Crippen LogP contribution in [0.1, 0.15) is 39.9 Å². The molecule has 2 saturated heterocycles. The van der Waals surface area contributed by atoms with E-state index in [1.54, 1.807) is 18.2 Å². The lowest BCUT2D eigenvalue weighted by atomic mass is 9.57. The van der Waals surface area contributed by atoms with E-state index in [0.717, 1.165) is 22.9 Å². The van der Waals surface area contributed by atoms with Crippen LogP contribution in [0.4, 0.5) is 11.4 Å². The standard InChI is InChI=1S/C29H23BrClN3O3/c1-15-20(31)13-12-19-24(15)33-27(37)29(19)28(18-5-2-3-6-21(18)32-26(28)36)23(22-7-4-14-34(22)29)25(35)16-8-10-17(30)11-9-16/h2-3,5-6,8-13,22-23H,4,7,14H2,1H3,(H,32,36)(H,33,37)/t22-,23-,28-,29+/m1/s1. The molecule has 3 aromatic carbocycles. The molecular weight excluding hydrogens is 554 g/mol. The van der Waals surface area contributed by atoms with Gasteiger partial charge >= 0.3 is 0 Å². The van der Waals surface area contributed by atoms with Crippen LogP contribution < -0.4 is 10.6 Å². The Labute approximate surface area is 227 Å². The maximum atomic E-state index is 14.5. The highest BCUT2D eigenvalue weighted by Crippen LogP contribution is 2.68. The number of anilines is 2. The number of carbonyl (C=O) groups is 3. The quantitative estimate of drug-likeness (QED) is 0.399. The number of hydrogen-bond donors (Lipinski definition) is 2. The van der Waals surface area contributed by atoms with Crippen LogP contribution in [-0.4, -0.2) is 35.1 Å². The molecule has 0 aromatic heterocycles. The van der Waals surface area contributed by atoms with Crippen molar-refractivity contribution in [3.8, 4) is 0 Å². The van der Waals surface area contributed by atoms with E-state index in [4.69, 9.17) is 11.6 Å². The Morgan fingerprint density at radius 2 is 1.76 bits per heavy atom. The molecule has 0 aliphatic carbocycles. The molecule has 0 saturated carbocycles. The number of rotatable bonds is 2. The monoisotopic (exact) mass is 575 g/mol. The molecule has 0 unspecified atom stereocenters. The fourth-order valence-corrected chi connectivity index (χ4v) is 7.98. The second-order valence-corrected chi connectivity index (χ2v) is 11.6. The Kier molecular flexibility index (Phi) is 4.85. The summed E-state index contributed by atoms with van der Waals surface area (Å²) in [5.41, 5.74) is 1.14. The second-order valence-electron chi connectivity index (χ2n) is 10.3. The Balaban J connectivity index is 1.59. The number of fused-ring (bicyclic) bond motifs is 7. The fraction of sp³-hybridized carbons (Fsp3) is 0.276. The predicted octanol–water partition coefficient (Wildman–Crippen LogP) is 5.43. The first kappa shape index (κ1) is 23.1. The highest BCUT2D eigenvalue weighted by atomic mass is 79.9. The number of nitrogens with zero attached hydrogens (tertiary/aromatic N) is 1. The molecule has 3 aromatic rings. The van der Waals surface area contributed by atoms with Gasteiger partial charge in [0.25, 0.3) is 5.91 Å². The zero-order valence-electron chi connectivity index (χ0n) is 20.0. The number of Topliss-reactive ketones (excluding diaryl/α,β-unsaturated/α-hetero) is 1. The second kappa shape index (κ2) is 7.76. The van der Waals surface area contributed by atoms with Crippen molar-refractivity contribution in [3.63, 3.8) is 0 Å². The van der Waals surface area contributed by atoms with Gasteiger partial charge in [-0.05, 0) is 61.7 Å². The third kappa shape index (κ3) is 2.62. The van der Waals surface area contributed by atoms with Crippen LogP contribution >= 0.6 is 27.5 Å². The lowest BCUT2D eigenvalue weighted by molar-refractivity contribution is -0.137.